The number of piperidine rings is 1. The van der Waals surface area contributed by atoms with Gasteiger partial charge < -0.3 is 10.1 Å². The highest BCUT2D eigenvalue weighted by Gasteiger charge is 2.28. The van der Waals surface area contributed by atoms with Crippen LogP contribution < -0.4 is 5.32 Å². The molecule has 1 aliphatic carbocycles. The summed E-state index contributed by atoms with van der Waals surface area (Å²) in [6.45, 7) is 5.98. The average molecular weight is 303 g/mol. The topological polar surface area (TPSA) is 24.5 Å². The summed E-state index contributed by atoms with van der Waals surface area (Å²) in [5, 5.41) is 3.49. The fraction of sp³-hybridized carbons (Fsp3) is 1.00. The van der Waals surface area contributed by atoms with Crippen LogP contribution in [-0.4, -0.2) is 49.8 Å². The summed E-state index contributed by atoms with van der Waals surface area (Å²) in [5.74, 6) is 0.920. The van der Waals surface area contributed by atoms with Crippen LogP contribution in [0.15, 0.2) is 0 Å². The predicted molar refractivity (Wildman–Crippen MR) is 85.6 cm³/mol. The molecular formula is C16H31ClN2O. The van der Waals surface area contributed by atoms with E-state index in [1.165, 1.54) is 77.5 Å². The quantitative estimate of drug-likeness (QED) is 0.845. The lowest BCUT2D eigenvalue weighted by Gasteiger charge is -2.35. The molecule has 2 heterocycles. The van der Waals surface area contributed by atoms with Crippen molar-refractivity contribution >= 4 is 12.4 Å². The Kier molecular flexibility index (Phi) is 7.09. The minimum absolute atomic E-state index is 0. The van der Waals surface area contributed by atoms with Crippen LogP contribution in [-0.2, 0) is 4.74 Å². The molecule has 0 bridgehead atoms. The first-order chi connectivity index (χ1) is 9.42. The molecule has 2 aliphatic heterocycles. The van der Waals surface area contributed by atoms with E-state index in [0.29, 0.717) is 6.10 Å². The van der Waals surface area contributed by atoms with E-state index in [0.717, 1.165) is 18.6 Å². The number of nitrogens with one attached hydrogen (secondary N) is 1. The lowest BCUT2D eigenvalue weighted by molar-refractivity contribution is 0.0477. The first-order valence-corrected chi connectivity index (χ1v) is 8.48. The molecule has 3 aliphatic rings. The van der Waals surface area contributed by atoms with Crippen LogP contribution >= 0.6 is 12.4 Å². The number of hydrogen-bond acceptors (Lipinski definition) is 3. The number of hydrogen-bond donors (Lipinski definition) is 1. The second-order valence-electron chi connectivity index (χ2n) is 6.72. The summed E-state index contributed by atoms with van der Waals surface area (Å²) < 4.78 is 5.88. The van der Waals surface area contributed by atoms with Crippen molar-refractivity contribution < 1.29 is 4.74 Å². The molecule has 3 rings (SSSR count). The van der Waals surface area contributed by atoms with Crippen molar-refractivity contribution in [1.29, 1.82) is 0 Å². The summed E-state index contributed by atoms with van der Waals surface area (Å²) in [5.41, 5.74) is 0. The van der Waals surface area contributed by atoms with Gasteiger partial charge >= 0.3 is 0 Å². The summed E-state index contributed by atoms with van der Waals surface area (Å²) in [6, 6.07) is 0.860. The standard InChI is InChI=1S/C16H30N2O.ClH/c1-2-5-15(4-1)18(13-16-6-3-11-19-16)12-14-7-9-17-10-8-14;/h14-17H,1-13H2;1H. The van der Waals surface area contributed by atoms with Gasteiger partial charge in [0, 0.05) is 25.7 Å². The summed E-state index contributed by atoms with van der Waals surface area (Å²) in [4.78, 5) is 2.80. The third-order valence-electron chi connectivity index (χ3n) is 5.25. The summed E-state index contributed by atoms with van der Waals surface area (Å²) >= 11 is 0. The highest BCUT2D eigenvalue weighted by atomic mass is 35.5. The predicted octanol–water partition coefficient (Wildman–Crippen LogP) is 2.83. The zero-order chi connectivity index (χ0) is 12.9. The fourth-order valence-corrected chi connectivity index (χ4v) is 4.09. The van der Waals surface area contributed by atoms with E-state index in [2.05, 4.69) is 10.2 Å². The van der Waals surface area contributed by atoms with Gasteiger partial charge in [0.1, 0.15) is 0 Å². The Hall–Kier alpha value is 0.170. The molecule has 1 N–H and O–H groups in total. The van der Waals surface area contributed by atoms with Gasteiger partial charge in [0.05, 0.1) is 6.10 Å². The first-order valence-electron chi connectivity index (χ1n) is 8.48. The van der Waals surface area contributed by atoms with Gasteiger partial charge in [-0.1, -0.05) is 12.8 Å². The third kappa shape index (κ3) is 4.59. The molecule has 118 valence electrons. The number of halogens is 1. The summed E-state index contributed by atoms with van der Waals surface area (Å²) in [6.07, 6.45) is 11.6. The van der Waals surface area contributed by atoms with Crippen LogP contribution in [0.3, 0.4) is 0 Å². The molecule has 2 saturated heterocycles. The highest BCUT2D eigenvalue weighted by Crippen LogP contribution is 2.27. The molecule has 0 radical (unpaired) electrons. The normalized spacial score (nSPS) is 28.9. The van der Waals surface area contributed by atoms with Gasteiger partial charge in [0.15, 0.2) is 0 Å². The zero-order valence-corrected chi connectivity index (χ0v) is 13.5. The SMILES string of the molecule is C1COC(CN(CC2CCNCC2)C2CCCC2)C1.Cl. The molecule has 3 fully saturated rings. The van der Waals surface area contributed by atoms with Crippen LogP contribution in [0.1, 0.15) is 51.4 Å². The molecule has 1 unspecified atom stereocenters. The molecule has 0 amide bonds. The van der Waals surface area contributed by atoms with Gasteiger partial charge in [0.2, 0.25) is 0 Å². The maximum atomic E-state index is 5.88. The van der Waals surface area contributed by atoms with E-state index in [9.17, 15) is 0 Å². The Bertz CT molecular complexity index is 259. The Morgan fingerprint density at radius 1 is 0.900 bits per heavy atom. The van der Waals surface area contributed by atoms with E-state index in [1.807, 2.05) is 0 Å². The van der Waals surface area contributed by atoms with Gasteiger partial charge in [-0.2, -0.15) is 0 Å². The fourth-order valence-electron chi connectivity index (χ4n) is 4.09. The number of nitrogens with zero attached hydrogens (tertiary/aromatic N) is 1. The molecule has 0 spiro atoms. The van der Waals surface area contributed by atoms with Crippen molar-refractivity contribution in [2.24, 2.45) is 5.92 Å². The van der Waals surface area contributed by atoms with E-state index < -0.39 is 0 Å². The van der Waals surface area contributed by atoms with Crippen molar-refractivity contribution in [2.75, 3.05) is 32.8 Å². The van der Waals surface area contributed by atoms with E-state index in [1.54, 1.807) is 0 Å². The lowest BCUT2D eigenvalue weighted by Crippen LogP contribution is -2.44. The van der Waals surface area contributed by atoms with E-state index in [-0.39, 0.29) is 12.4 Å². The monoisotopic (exact) mass is 302 g/mol. The van der Waals surface area contributed by atoms with Gasteiger partial charge in [-0.25, -0.2) is 0 Å². The van der Waals surface area contributed by atoms with Crippen molar-refractivity contribution in [3.05, 3.63) is 0 Å². The van der Waals surface area contributed by atoms with Gasteiger partial charge in [0.25, 0.3) is 0 Å². The Morgan fingerprint density at radius 3 is 2.30 bits per heavy atom. The maximum absolute atomic E-state index is 5.88. The minimum atomic E-state index is 0. The van der Waals surface area contributed by atoms with Crippen LogP contribution in [0.4, 0.5) is 0 Å². The van der Waals surface area contributed by atoms with Crippen LogP contribution in [0.5, 0.6) is 0 Å². The van der Waals surface area contributed by atoms with Crippen LogP contribution in [0, 0.1) is 5.92 Å². The smallest absolute Gasteiger partial charge is 0.0702 e. The molecule has 1 saturated carbocycles. The van der Waals surface area contributed by atoms with Crippen molar-refractivity contribution in [3.8, 4) is 0 Å². The van der Waals surface area contributed by atoms with Crippen molar-refractivity contribution in [3.63, 3.8) is 0 Å². The molecular weight excluding hydrogens is 272 g/mol. The highest BCUT2D eigenvalue weighted by molar-refractivity contribution is 5.85. The zero-order valence-electron chi connectivity index (χ0n) is 12.7. The van der Waals surface area contributed by atoms with E-state index >= 15 is 0 Å². The van der Waals surface area contributed by atoms with Gasteiger partial charge in [-0.3, -0.25) is 4.90 Å². The largest absolute Gasteiger partial charge is 0.377 e. The molecule has 20 heavy (non-hydrogen) atoms. The molecule has 1 atom stereocenters. The number of rotatable bonds is 5. The Labute approximate surface area is 130 Å². The van der Waals surface area contributed by atoms with Crippen molar-refractivity contribution in [1.82, 2.24) is 10.2 Å². The first kappa shape index (κ1) is 16.5. The van der Waals surface area contributed by atoms with Crippen LogP contribution in [0.25, 0.3) is 0 Å². The maximum Gasteiger partial charge on any atom is 0.0702 e. The second kappa shape index (κ2) is 8.57. The van der Waals surface area contributed by atoms with Crippen molar-refractivity contribution in [2.45, 2.75) is 63.5 Å². The minimum Gasteiger partial charge on any atom is -0.377 e. The van der Waals surface area contributed by atoms with Gasteiger partial charge in [-0.15, -0.1) is 12.4 Å². The third-order valence-corrected chi connectivity index (χ3v) is 5.25. The van der Waals surface area contributed by atoms with Gasteiger partial charge in [-0.05, 0) is 57.5 Å². The molecule has 0 aromatic carbocycles. The molecule has 4 heteroatoms. The average Bonchev–Trinajstić information content (AvgIpc) is 3.12. The molecule has 0 aromatic heterocycles. The Balaban J connectivity index is 0.00000147. The molecule has 3 nitrogen and oxygen atoms in total. The Morgan fingerprint density at radius 2 is 1.65 bits per heavy atom. The van der Waals surface area contributed by atoms with Crippen LogP contribution in [0.2, 0.25) is 0 Å². The number of ether oxygens (including phenoxy) is 1. The lowest BCUT2D eigenvalue weighted by atomic mass is 9.96. The van der Waals surface area contributed by atoms with E-state index in [4.69, 9.17) is 4.74 Å². The summed E-state index contributed by atoms with van der Waals surface area (Å²) in [7, 11) is 0. The molecule has 0 aromatic rings. The second-order valence-corrected chi connectivity index (χ2v) is 6.72.